The lowest BCUT2D eigenvalue weighted by atomic mass is 9.97. The molecule has 0 aliphatic rings. The molecule has 3 nitrogen and oxygen atoms in total. The van der Waals surface area contributed by atoms with Crippen molar-refractivity contribution < 1.29 is 4.79 Å². The summed E-state index contributed by atoms with van der Waals surface area (Å²) >= 11 is 0. The van der Waals surface area contributed by atoms with E-state index in [1.54, 1.807) is 6.07 Å². The van der Waals surface area contributed by atoms with Gasteiger partial charge < -0.3 is 11.1 Å². The number of carbonyl (C=O) groups excluding carboxylic acids is 1. The Morgan fingerprint density at radius 1 is 1.38 bits per heavy atom. The Morgan fingerprint density at radius 3 is 2.56 bits per heavy atom. The molecular weight excluding hydrogens is 200 g/mol. The second-order valence-electron chi connectivity index (χ2n) is 5.33. The van der Waals surface area contributed by atoms with E-state index in [1.165, 1.54) is 0 Å². The van der Waals surface area contributed by atoms with Crippen molar-refractivity contribution in [2.75, 3.05) is 12.3 Å². The summed E-state index contributed by atoms with van der Waals surface area (Å²) in [6.07, 6.45) is 0. The highest BCUT2D eigenvalue weighted by atomic mass is 16.1. The van der Waals surface area contributed by atoms with Crippen LogP contribution < -0.4 is 11.1 Å². The maximum atomic E-state index is 11.9. The van der Waals surface area contributed by atoms with Gasteiger partial charge >= 0.3 is 0 Å². The maximum absolute atomic E-state index is 11.9. The van der Waals surface area contributed by atoms with Gasteiger partial charge in [-0.2, -0.15) is 0 Å². The summed E-state index contributed by atoms with van der Waals surface area (Å²) in [4.78, 5) is 11.9. The minimum absolute atomic E-state index is 0.0776. The van der Waals surface area contributed by atoms with Crippen molar-refractivity contribution in [1.82, 2.24) is 5.32 Å². The van der Waals surface area contributed by atoms with E-state index in [0.29, 0.717) is 17.8 Å². The highest BCUT2D eigenvalue weighted by Gasteiger charge is 2.14. The average Bonchev–Trinajstić information content (AvgIpc) is 2.17. The number of carbonyl (C=O) groups is 1. The molecule has 88 valence electrons. The lowest BCUT2D eigenvalue weighted by molar-refractivity contribution is 0.0940. The van der Waals surface area contributed by atoms with Crippen LogP contribution in [0.25, 0.3) is 0 Å². The van der Waals surface area contributed by atoms with Gasteiger partial charge in [-0.05, 0) is 24.5 Å². The molecule has 0 saturated heterocycles. The van der Waals surface area contributed by atoms with Crippen LogP contribution in [0.2, 0.25) is 0 Å². The minimum atomic E-state index is -0.101. The average molecular weight is 220 g/mol. The molecule has 0 fully saturated rings. The molecule has 0 bridgehead atoms. The van der Waals surface area contributed by atoms with Crippen molar-refractivity contribution in [3.8, 4) is 0 Å². The number of benzene rings is 1. The molecular formula is C13H20N2O. The number of anilines is 1. The second-order valence-corrected chi connectivity index (χ2v) is 5.33. The molecule has 0 radical (unpaired) electrons. The number of aryl methyl sites for hydroxylation is 1. The molecule has 0 aliphatic carbocycles. The van der Waals surface area contributed by atoms with Gasteiger partial charge in [-0.15, -0.1) is 0 Å². The van der Waals surface area contributed by atoms with E-state index in [9.17, 15) is 4.79 Å². The topological polar surface area (TPSA) is 55.1 Å². The number of hydrogen-bond donors (Lipinski definition) is 2. The highest BCUT2D eigenvalue weighted by molar-refractivity contribution is 5.99. The molecule has 3 heteroatoms. The van der Waals surface area contributed by atoms with E-state index < -0.39 is 0 Å². The van der Waals surface area contributed by atoms with Crippen LogP contribution in [0.4, 0.5) is 5.69 Å². The molecule has 1 aromatic rings. The molecule has 0 saturated carbocycles. The lowest BCUT2D eigenvalue weighted by Crippen LogP contribution is -2.32. The Morgan fingerprint density at radius 2 is 2.00 bits per heavy atom. The maximum Gasteiger partial charge on any atom is 0.253 e. The fourth-order valence-electron chi connectivity index (χ4n) is 1.31. The van der Waals surface area contributed by atoms with Crippen LogP contribution in [0.5, 0.6) is 0 Å². The quantitative estimate of drug-likeness (QED) is 0.752. The minimum Gasteiger partial charge on any atom is -0.398 e. The lowest BCUT2D eigenvalue weighted by Gasteiger charge is -2.19. The van der Waals surface area contributed by atoms with Crippen LogP contribution >= 0.6 is 0 Å². The van der Waals surface area contributed by atoms with Gasteiger partial charge in [0.2, 0.25) is 0 Å². The normalized spacial score (nSPS) is 11.2. The first-order valence-corrected chi connectivity index (χ1v) is 5.44. The van der Waals surface area contributed by atoms with Crippen molar-refractivity contribution in [2.45, 2.75) is 27.7 Å². The number of rotatable bonds is 2. The zero-order valence-corrected chi connectivity index (χ0v) is 10.4. The fraction of sp³-hybridized carbons (Fsp3) is 0.462. The van der Waals surface area contributed by atoms with E-state index in [0.717, 1.165) is 5.56 Å². The van der Waals surface area contributed by atoms with Gasteiger partial charge in [-0.3, -0.25) is 4.79 Å². The summed E-state index contributed by atoms with van der Waals surface area (Å²) in [6, 6.07) is 5.48. The van der Waals surface area contributed by atoms with Gasteiger partial charge in [0.25, 0.3) is 5.91 Å². The fourth-order valence-corrected chi connectivity index (χ4v) is 1.31. The summed E-state index contributed by atoms with van der Waals surface area (Å²) in [5, 5.41) is 2.89. The number of nitrogens with one attached hydrogen (secondary N) is 1. The number of amides is 1. The Hall–Kier alpha value is -1.51. The van der Waals surface area contributed by atoms with Gasteiger partial charge in [-0.25, -0.2) is 0 Å². The number of nitrogens with two attached hydrogens (primary N) is 1. The molecule has 1 rings (SSSR count). The van der Waals surface area contributed by atoms with Crippen LogP contribution in [0.15, 0.2) is 18.2 Å². The summed E-state index contributed by atoms with van der Waals surface area (Å²) < 4.78 is 0. The van der Waals surface area contributed by atoms with E-state index in [1.807, 2.05) is 19.1 Å². The summed E-state index contributed by atoms with van der Waals surface area (Å²) in [7, 11) is 0. The first kappa shape index (κ1) is 12.6. The molecule has 16 heavy (non-hydrogen) atoms. The molecule has 0 aliphatic heterocycles. The Kier molecular flexibility index (Phi) is 3.58. The first-order chi connectivity index (χ1) is 7.29. The molecule has 1 amide bonds. The van der Waals surface area contributed by atoms with Crippen LogP contribution in [0.3, 0.4) is 0 Å². The van der Waals surface area contributed by atoms with Gasteiger partial charge in [0.15, 0.2) is 0 Å². The number of nitrogen functional groups attached to an aromatic ring is 1. The third-order valence-corrected chi connectivity index (χ3v) is 2.23. The van der Waals surface area contributed by atoms with E-state index >= 15 is 0 Å². The van der Waals surface area contributed by atoms with Crippen molar-refractivity contribution in [3.05, 3.63) is 29.3 Å². The van der Waals surface area contributed by atoms with Gasteiger partial charge in [0.05, 0.1) is 5.56 Å². The zero-order valence-electron chi connectivity index (χ0n) is 10.4. The standard InChI is InChI=1S/C13H20N2O/c1-9-5-6-11(14)10(7-9)12(16)15-8-13(2,3)4/h5-7H,8,14H2,1-4H3,(H,15,16). The van der Waals surface area contributed by atoms with E-state index in [-0.39, 0.29) is 11.3 Å². The molecule has 3 N–H and O–H groups in total. The van der Waals surface area contributed by atoms with E-state index in [2.05, 4.69) is 26.1 Å². The van der Waals surface area contributed by atoms with Gasteiger partial charge in [0.1, 0.15) is 0 Å². The summed E-state index contributed by atoms with van der Waals surface area (Å²) in [5.41, 5.74) is 7.97. The molecule has 0 spiro atoms. The van der Waals surface area contributed by atoms with Gasteiger partial charge in [-0.1, -0.05) is 32.4 Å². The van der Waals surface area contributed by atoms with Crippen molar-refractivity contribution in [2.24, 2.45) is 5.41 Å². The Bertz CT molecular complexity index is 391. The predicted molar refractivity (Wildman–Crippen MR) is 67.4 cm³/mol. The van der Waals surface area contributed by atoms with Crippen molar-refractivity contribution in [3.63, 3.8) is 0 Å². The SMILES string of the molecule is Cc1ccc(N)c(C(=O)NCC(C)(C)C)c1. The Balaban J connectivity index is 2.77. The summed E-state index contributed by atoms with van der Waals surface area (Å²) in [5.74, 6) is -0.101. The highest BCUT2D eigenvalue weighted by Crippen LogP contribution is 2.15. The molecule has 0 atom stereocenters. The smallest absolute Gasteiger partial charge is 0.253 e. The largest absolute Gasteiger partial charge is 0.398 e. The number of hydrogen-bond acceptors (Lipinski definition) is 2. The van der Waals surface area contributed by atoms with Crippen LogP contribution in [-0.2, 0) is 0 Å². The van der Waals surface area contributed by atoms with Crippen LogP contribution in [-0.4, -0.2) is 12.5 Å². The Labute approximate surface area is 97.0 Å². The molecule has 0 heterocycles. The molecule has 0 aromatic heterocycles. The predicted octanol–water partition coefficient (Wildman–Crippen LogP) is 2.35. The zero-order chi connectivity index (χ0) is 12.3. The van der Waals surface area contributed by atoms with Crippen LogP contribution in [0, 0.1) is 12.3 Å². The molecule has 1 aromatic carbocycles. The van der Waals surface area contributed by atoms with Crippen molar-refractivity contribution >= 4 is 11.6 Å². The third kappa shape index (κ3) is 3.57. The molecule has 0 unspecified atom stereocenters. The third-order valence-electron chi connectivity index (χ3n) is 2.23. The monoisotopic (exact) mass is 220 g/mol. The second kappa shape index (κ2) is 4.56. The van der Waals surface area contributed by atoms with Crippen molar-refractivity contribution in [1.29, 1.82) is 0 Å². The van der Waals surface area contributed by atoms with E-state index in [4.69, 9.17) is 5.73 Å². The summed E-state index contributed by atoms with van der Waals surface area (Å²) in [6.45, 7) is 8.81. The van der Waals surface area contributed by atoms with Gasteiger partial charge in [0, 0.05) is 12.2 Å². The van der Waals surface area contributed by atoms with Crippen LogP contribution in [0.1, 0.15) is 36.7 Å². The first-order valence-electron chi connectivity index (χ1n) is 5.44.